The molecule has 1 N–H and O–H groups in total. The van der Waals surface area contributed by atoms with Crippen LogP contribution in [-0.2, 0) is 20.5 Å². The molecule has 0 saturated carbocycles. The fourth-order valence-corrected chi connectivity index (χ4v) is 2.45. The normalized spacial score (nSPS) is 12.9. The lowest BCUT2D eigenvalue weighted by Crippen LogP contribution is -2.23. The molecule has 0 amide bonds. The maximum absolute atomic E-state index is 4.45. The quantitative estimate of drug-likeness (QED) is 0.875. The Hall–Kier alpha value is -1.69. The molecule has 0 saturated heterocycles. The van der Waals surface area contributed by atoms with Crippen LogP contribution in [0.4, 0.5) is 0 Å². The van der Waals surface area contributed by atoms with Gasteiger partial charge in [-0.1, -0.05) is 0 Å². The third-order valence-electron chi connectivity index (χ3n) is 3.60. The Morgan fingerprint density at radius 2 is 2.05 bits per heavy atom. The molecule has 6 heteroatoms. The van der Waals surface area contributed by atoms with E-state index in [9.17, 15) is 0 Å². The molecule has 0 aliphatic carbocycles. The average Bonchev–Trinajstić information content (AvgIpc) is 2.85. The summed E-state index contributed by atoms with van der Waals surface area (Å²) in [6.45, 7) is 7.22. The average molecular weight is 262 g/mol. The summed E-state index contributed by atoms with van der Waals surface area (Å²) in [5.41, 5.74) is 3.61. The predicted molar refractivity (Wildman–Crippen MR) is 73.8 cm³/mol. The van der Waals surface area contributed by atoms with E-state index in [2.05, 4.69) is 41.4 Å². The van der Waals surface area contributed by atoms with Crippen molar-refractivity contribution in [1.82, 2.24) is 29.9 Å². The van der Waals surface area contributed by atoms with E-state index in [1.807, 2.05) is 23.3 Å². The molecule has 19 heavy (non-hydrogen) atoms. The summed E-state index contributed by atoms with van der Waals surface area (Å²) in [5.74, 6) is 0.999. The van der Waals surface area contributed by atoms with Gasteiger partial charge in [0, 0.05) is 44.4 Å². The van der Waals surface area contributed by atoms with Crippen LogP contribution in [-0.4, -0.2) is 31.1 Å². The van der Waals surface area contributed by atoms with Crippen molar-refractivity contribution in [3.05, 3.63) is 29.1 Å². The van der Waals surface area contributed by atoms with Gasteiger partial charge in [-0.2, -0.15) is 5.10 Å². The van der Waals surface area contributed by atoms with Crippen LogP contribution in [0.1, 0.15) is 35.7 Å². The Labute approximate surface area is 113 Å². The molecule has 2 heterocycles. The van der Waals surface area contributed by atoms with E-state index < -0.39 is 0 Å². The summed E-state index contributed by atoms with van der Waals surface area (Å²) in [5, 5.41) is 15.9. The first-order valence-corrected chi connectivity index (χ1v) is 6.57. The Kier molecular flexibility index (Phi) is 3.99. The van der Waals surface area contributed by atoms with Crippen LogP contribution < -0.4 is 5.32 Å². The molecule has 1 atom stereocenters. The van der Waals surface area contributed by atoms with Gasteiger partial charge in [-0.25, -0.2) is 0 Å². The van der Waals surface area contributed by atoms with E-state index in [-0.39, 0.29) is 0 Å². The maximum atomic E-state index is 4.45. The summed E-state index contributed by atoms with van der Waals surface area (Å²) in [6, 6.07) is 0.293. The number of nitrogens with one attached hydrogen (secondary N) is 1. The van der Waals surface area contributed by atoms with Crippen LogP contribution in [0.5, 0.6) is 0 Å². The minimum Gasteiger partial charge on any atom is -0.321 e. The van der Waals surface area contributed by atoms with Crippen LogP contribution in [0, 0.1) is 13.8 Å². The van der Waals surface area contributed by atoms with Crippen LogP contribution >= 0.6 is 0 Å². The molecule has 2 rings (SSSR count). The topological polar surface area (TPSA) is 60.6 Å². The van der Waals surface area contributed by atoms with Crippen LogP contribution in [0.25, 0.3) is 0 Å². The predicted octanol–water partition coefficient (Wildman–Crippen LogP) is 1.06. The van der Waals surface area contributed by atoms with E-state index >= 15 is 0 Å². The largest absolute Gasteiger partial charge is 0.321 e. The first-order valence-electron chi connectivity index (χ1n) is 6.57. The highest BCUT2D eigenvalue weighted by molar-refractivity contribution is 5.27. The second-order valence-electron chi connectivity index (χ2n) is 4.99. The highest BCUT2D eigenvalue weighted by Crippen LogP contribution is 2.20. The monoisotopic (exact) mass is 262 g/mol. The number of aryl methyl sites for hydroxylation is 3. The fourth-order valence-electron chi connectivity index (χ4n) is 2.45. The molecule has 104 valence electrons. The molecule has 2 aromatic rings. The van der Waals surface area contributed by atoms with Crippen LogP contribution in [0.2, 0.25) is 0 Å². The number of hydrogen-bond acceptors (Lipinski definition) is 4. The van der Waals surface area contributed by atoms with Crippen LogP contribution in [0.3, 0.4) is 0 Å². The number of aromatic nitrogens is 5. The van der Waals surface area contributed by atoms with Gasteiger partial charge in [0.15, 0.2) is 0 Å². The molecule has 0 radical (unpaired) electrons. The minimum atomic E-state index is 0.293. The van der Waals surface area contributed by atoms with Crippen molar-refractivity contribution in [2.75, 3.05) is 6.54 Å². The van der Waals surface area contributed by atoms with Gasteiger partial charge in [0.05, 0.1) is 5.69 Å². The molecule has 0 aliphatic rings. The maximum Gasteiger partial charge on any atom is 0.133 e. The van der Waals surface area contributed by atoms with Crippen molar-refractivity contribution >= 4 is 0 Å². The highest BCUT2D eigenvalue weighted by atomic mass is 15.3. The lowest BCUT2D eigenvalue weighted by Gasteiger charge is -2.14. The lowest BCUT2D eigenvalue weighted by atomic mass is 10.1. The molecule has 0 bridgehead atoms. The van der Waals surface area contributed by atoms with Crippen molar-refractivity contribution in [3.8, 4) is 0 Å². The smallest absolute Gasteiger partial charge is 0.133 e. The van der Waals surface area contributed by atoms with E-state index in [4.69, 9.17) is 0 Å². The first kappa shape index (κ1) is 13.7. The number of hydrogen-bond donors (Lipinski definition) is 1. The standard InChI is InChI=1S/C13H22N6/c1-9(13-10(2)17-19(5)11(13)3)14-7-6-12-16-15-8-18(12)4/h8-9,14H,6-7H2,1-5H3. The highest BCUT2D eigenvalue weighted by Gasteiger charge is 2.15. The van der Waals surface area contributed by atoms with Gasteiger partial charge in [-0.3, -0.25) is 4.68 Å². The van der Waals surface area contributed by atoms with Crippen molar-refractivity contribution in [2.45, 2.75) is 33.2 Å². The van der Waals surface area contributed by atoms with Crippen molar-refractivity contribution < 1.29 is 0 Å². The molecule has 0 fully saturated rings. The van der Waals surface area contributed by atoms with Crippen molar-refractivity contribution in [2.24, 2.45) is 14.1 Å². The Balaban J connectivity index is 1.94. The zero-order chi connectivity index (χ0) is 14.0. The molecule has 2 aromatic heterocycles. The first-order chi connectivity index (χ1) is 9.00. The van der Waals surface area contributed by atoms with Gasteiger partial charge in [0.1, 0.15) is 12.2 Å². The number of rotatable bonds is 5. The number of nitrogens with zero attached hydrogens (tertiary/aromatic N) is 5. The second-order valence-corrected chi connectivity index (χ2v) is 4.99. The van der Waals surface area contributed by atoms with E-state index in [0.717, 1.165) is 24.5 Å². The van der Waals surface area contributed by atoms with Crippen molar-refractivity contribution in [3.63, 3.8) is 0 Å². The van der Waals surface area contributed by atoms with E-state index in [1.165, 1.54) is 11.3 Å². The Morgan fingerprint density at radius 3 is 2.58 bits per heavy atom. The van der Waals surface area contributed by atoms with Crippen LogP contribution in [0.15, 0.2) is 6.33 Å². The summed E-state index contributed by atoms with van der Waals surface area (Å²) in [6.07, 6.45) is 2.60. The van der Waals surface area contributed by atoms with Gasteiger partial charge in [0.25, 0.3) is 0 Å². The molecule has 1 unspecified atom stereocenters. The second kappa shape index (κ2) is 5.52. The molecular weight excluding hydrogens is 240 g/mol. The van der Waals surface area contributed by atoms with Gasteiger partial charge >= 0.3 is 0 Å². The summed E-state index contributed by atoms with van der Waals surface area (Å²) in [7, 11) is 3.95. The Bertz CT molecular complexity index is 553. The van der Waals surface area contributed by atoms with Gasteiger partial charge in [-0.05, 0) is 20.8 Å². The SMILES string of the molecule is Cc1nn(C)c(C)c1C(C)NCCc1nncn1C. The zero-order valence-electron chi connectivity index (χ0n) is 12.3. The molecule has 0 aliphatic heterocycles. The van der Waals surface area contributed by atoms with Gasteiger partial charge in [-0.15, -0.1) is 10.2 Å². The van der Waals surface area contributed by atoms with Gasteiger partial charge in [0.2, 0.25) is 0 Å². The van der Waals surface area contributed by atoms with E-state index in [0.29, 0.717) is 6.04 Å². The molecular formula is C13H22N6. The molecule has 6 nitrogen and oxygen atoms in total. The summed E-state index contributed by atoms with van der Waals surface area (Å²) in [4.78, 5) is 0. The molecule has 0 aromatic carbocycles. The zero-order valence-corrected chi connectivity index (χ0v) is 12.3. The minimum absolute atomic E-state index is 0.293. The lowest BCUT2D eigenvalue weighted by molar-refractivity contribution is 0.559. The van der Waals surface area contributed by atoms with Gasteiger partial charge < -0.3 is 9.88 Å². The summed E-state index contributed by atoms with van der Waals surface area (Å²) >= 11 is 0. The third-order valence-corrected chi connectivity index (χ3v) is 3.60. The Morgan fingerprint density at radius 1 is 1.32 bits per heavy atom. The molecule has 0 spiro atoms. The van der Waals surface area contributed by atoms with Crippen molar-refractivity contribution in [1.29, 1.82) is 0 Å². The summed E-state index contributed by atoms with van der Waals surface area (Å²) < 4.78 is 3.89. The fraction of sp³-hybridized carbons (Fsp3) is 0.615. The third kappa shape index (κ3) is 2.84. The van der Waals surface area contributed by atoms with E-state index in [1.54, 1.807) is 6.33 Å².